The number of methoxy groups -OCH3 is 3. The van der Waals surface area contributed by atoms with Gasteiger partial charge in [-0.15, -0.1) is 0 Å². The summed E-state index contributed by atoms with van der Waals surface area (Å²) in [7, 11) is 3.86. The van der Waals surface area contributed by atoms with E-state index in [0.717, 1.165) is 0 Å². The third-order valence-electron chi connectivity index (χ3n) is 5.51. The van der Waals surface area contributed by atoms with E-state index in [1.54, 1.807) is 31.2 Å². The van der Waals surface area contributed by atoms with Gasteiger partial charge in [0.05, 0.1) is 27.9 Å². The van der Waals surface area contributed by atoms with Crippen LogP contribution >= 0.6 is 0 Å². The van der Waals surface area contributed by atoms with Crippen molar-refractivity contribution in [2.45, 2.75) is 25.7 Å². The molecule has 0 bridgehead atoms. The largest absolute Gasteiger partial charge is 0.497 e. The molecule has 0 aliphatic heterocycles. The first-order valence-corrected chi connectivity index (χ1v) is 9.31. The highest BCUT2D eigenvalue weighted by molar-refractivity contribution is 6.02. The van der Waals surface area contributed by atoms with Crippen LogP contribution in [0.25, 0.3) is 0 Å². The quantitative estimate of drug-likeness (QED) is 0.279. The lowest BCUT2D eigenvalue weighted by molar-refractivity contribution is -0.170. The number of carbonyl (C=O) groups excluding carboxylic acids is 4. The summed E-state index contributed by atoms with van der Waals surface area (Å²) in [6, 6.07) is 6.73. The van der Waals surface area contributed by atoms with E-state index in [4.69, 9.17) is 18.9 Å². The molecule has 0 aromatic heterocycles. The Morgan fingerprint density at radius 1 is 1.07 bits per heavy atom. The molecule has 0 heterocycles. The minimum atomic E-state index is -1.75. The molecule has 1 aromatic carbocycles. The standard InChI is InChI=1S/C21H26O8/c1-5-29-17(23)10-14-11-21(19(24)27-3,20(25)28-4)18(16(14)12-22)13-6-8-15(26-2)9-7-13/h6-9,12,14,16,18H,5,10-11H2,1-4H3/t14-,16+,18-/m1/s1. The third-order valence-corrected chi connectivity index (χ3v) is 5.51. The molecule has 8 heteroatoms. The number of hydrogen-bond donors (Lipinski definition) is 0. The average molecular weight is 406 g/mol. The minimum absolute atomic E-state index is 0.0642. The second kappa shape index (κ2) is 9.54. The molecule has 3 atom stereocenters. The summed E-state index contributed by atoms with van der Waals surface area (Å²) in [5, 5.41) is 0. The number of ether oxygens (including phenoxy) is 4. The fourth-order valence-corrected chi connectivity index (χ4v) is 4.30. The Morgan fingerprint density at radius 2 is 1.66 bits per heavy atom. The molecular formula is C21H26O8. The monoisotopic (exact) mass is 406 g/mol. The molecule has 0 radical (unpaired) electrons. The van der Waals surface area contributed by atoms with Crippen LogP contribution in [0.15, 0.2) is 24.3 Å². The maximum atomic E-state index is 12.9. The van der Waals surface area contributed by atoms with Gasteiger partial charge in [0.2, 0.25) is 0 Å². The van der Waals surface area contributed by atoms with Gasteiger partial charge in [0, 0.05) is 18.3 Å². The molecule has 0 saturated heterocycles. The van der Waals surface area contributed by atoms with Crippen molar-refractivity contribution in [3.8, 4) is 5.75 Å². The van der Waals surface area contributed by atoms with Gasteiger partial charge in [-0.3, -0.25) is 14.4 Å². The first-order chi connectivity index (χ1) is 13.9. The normalized spacial score (nSPS) is 22.4. The lowest BCUT2D eigenvalue weighted by Gasteiger charge is -2.31. The third kappa shape index (κ3) is 4.11. The minimum Gasteiger partial charge on any atom is -0.497 e. The van der Waals surface area contributed by atoms with Crippen molar-refractivity contribution >= 4 is 24.2 Å². The van der Waals surface area contributed by atoms with Crippen molar-refractivity contribution in [2.24, 2.45) is 17.3 Å². The maximum Gasteiger partial charge on any atom is 0.323 e. The lowest BCUT2D eigenvalue weighted by Crippen LogP contribution is -2.44. The van der Waals surface area contributed by atoms with Crippen LogP contribution in [0, 0.1) is 17.3 Å². The van der Waals surface area contributed by atoms with Gasteiger partial charge in [0.25, 0.3) is 0 Å². The van der Waals surface area contributed by atoms with Crippen LogP contribution in [-0.4, -0.2) is 52.1 Å². The van der Waals surface area contributed by atoms with E-state index in [9.17, 15) is 19.2 Å². The van der Waals surface area contributed by atoms with E-state index < -0.39 is 41.1 Å². The van der Waals surface area contributed by atoms with Crippen LogP contribution < -0.4 is 4.74 Å². The lowest BCUT2D eigenvalue weighted by atomic mass is 9.71. The van der Waals surface area contributed by atoms with Crippen molar-refractivity contribution in [1.29, 1.82) is 0 Å². The predicted octanol–water partition coefficient (Wildman–Crippen LogP) is 1.90. The molecule has 2 rings (SSSR count). The molecule has 0 amide bonds. The molecule has 0 N–H and O–H groups in total. The summed E-state index contributed by atoms with van der Waals surface area (Å²) in [5.41, 5.74) is -1.18. The Kier molecular flexibility index (Phi) is 7.36. The Labute approximate surface area is 169 Å². The molecule has 1 aliphatic carbocycles. The van der Waals surface area contributed by atoms with Crippen LogP contribution in [-0.2, 0) is 33.4 Å². The highest BCUT2D eigenvalue weighted by atomic mass is 16.5. The smallest absolute Gasteiger partial charge is 0.323 e. The summed E-state index contributed by atoms with van der Waals surface area (Å²) in [5.74, 6) is -3.75. The molecule has 158 valence electrons. The first kappa shape index (κ1) is 22.4. The summed E-state index contributed by atoms with van der Waals surface area (Å²) in [4.78, 5) is 49.9. The zero-order valence-corrected chi connectivity index (χ0v) is 17.0. The van der Waals surface area contributed by atoms with Crippen molar-refractivity contribution in [3.05, 3.63) is 29.8 Å². The van der Waals surface area contributed by atoms with Gasteiger partial charge in [-0.25, -0.2) is 0 Å². The van der Waals surface area contributed by atoms with Crippen LogP contribution in [0.5, 0.6) is 5.75 Å². The number of aldehydes is 1. The zero-order valence-electron chi connectivity index (χ0n) is 17.0. The van der Waals surface area contributed by atoms with Crippen molar-refractivity contribution < 1.29 is 38.1 Å². The molecular weight excluding hydrogens is 380 g/mol. The van der Waals surface area contributed by atoms with E-state index in [0.29, 0.717) is 17.6 Å². The molecule has 1 fully saturated rings. The van der Waals surface area contributed by atoms with Crippen LogP contribution in [0.2, 0.25) is 0 Å². The van der Waals surface area contributed by atoms with E-state index in [1.165, 1.54) is 21.3 Å². The number of hydrogen-bond acceptors (Lipinski definition) is 8. The predicted molar refractivity (Wildman–Crippen MR) is 101 cm³/mol. The van der Waals surface area contributed by atoms with Crippen LogP contribution in [0.3, 0.4) is 0 Å². The van der Waals surface area contributed by atoms with Gasteiger partial charge >= 0.3 is 17.9 Å². The van der Waals surface area contributed by atoms with E-state index >= 15 is 0 Å². The van der Waals surface area contributed by atoms with E-state index in [-0.39, 0.29) is 19.4 Å². The maximum absolute atomic E-state index is 12.9. The second-order valence-electron chi connectivity index (χ2n) is 6.89. The molecule has 1 aliphatic rings. The topological polar surface area (TPSA) is 105 Å². The summed E-state index contributed by atoms with van der Waals surface area (Å²) in [6.45, 7) is 1.87. The Bertz CT molecular complexity index is 738. The molecule has 1 saturated carbocycles. The van der Waals surface area contributed by atoms with Gasteiger partial charge in [0.1, 0.15) is 12.0 Å². The number of rotatable bonds is 8. The summed E-state index contributed by atoms with van der Waals surface area (Å²) in [6.07, 6.45) is 0.525. The number of benzene rings is 1. The van der Waals surface area contributed by atoms with Crippen LogP contribution in [0.1, 0.15) is 31.2 Å². The van der Waals surface area contributed by atoms with E-state index in [1.807, 2.05) is 0 Å². The SMILES string of the molecule is CCOC(=O)C[C@@H]1CC(C(=O)OC)(C(=O)OC)[C@H](c2ccc(OC)cc2)[C@H]1C=O. The number of esters is 3. The fraction of sp³-hybridized carbons (Fsp3) is 0.524. The molecule has 0 unspecified atom stereocenters. The summed E-state index contributed by atoms with van der Waals surface area (Å²) < 4.78 is 20.1. The Hall–Kier alpha value is -2.90. The van der Waals surface area contributed by atoms with Gasteiger partial charge in [-0.2, -0.15) is 0 Å². The van der Waals surface area contributed by atoms with Gasteiger partial charge in [-0.05, 0) is 37.0 Å². The zero-order chi connectivity index (χ0) is 21.6. The van der Waals surface area contributed by atoms with Crippen molar-refractivity contribution in [1.82, 2.24) is 0 Å². The Morgan fingerprint density at radius 3 is 2.10 bits per heavy atom. The molecule has 0 spiro atoms. The average Bonchev–Trinajstić information content (AvgIpc) is 3.07. The van der Waals surface area contributed by atoms with Gasteiger partial charge < -0.3 is 23.7 Å². The first-order valence-electron chi connectivity index (χ1n) is 9.31. The van der Waals surface area contributed by atoms with Crippen molar-refractivity contribution in [3.63, 3.8) is 0 Å². The Balaban J connectivity index is 2.61. The van der Waals surface area contributed by atoms with E-state index in [2.05, 4.69) is 0 Å². The van der Waals surface area contributed by atoms with Gasteiger partial charge in [-0.1, -0.05) is 12.1 Å². The molecule has 29 heavy (non-hydrogen) atoms. The van der Waals surface area contributed by atoms with Crippen molar-refractivity contribution in [2.75, 3.05) is 27.9 Å². The fourth-order valence-electron chi connectivity index (χ4n) is 4.30. The molecule has 8 nitrogen and oxygen atoms in total. The highest BCUT2D eigenvalue weighted by Gasteiger charge is 2.64. The summed E-state index contributed by atoms with van der Waals surface area (Å²) >= 11 is 0. The number of carbonyl (C=O) groups is 4. The van der Waals surface area contributed by atoms with Crippen LogP contribution in [0.4, 0.5) is 0 Å². The molecule has 1 aromatic rings. The van der Waals surface area contributed by atoms with Gasteiger partial charge in [0.15, 0.2) is 5.41 Å². The second-order valence-corrected chi connectivity index (χ2v) is 6.89. The highest BCUT2D eigenvalue weighted by Crippen LogP contribution is 2.57.